The molecule has 104 valence electrons. The summed E-state index contributed by atoms with van der Waals surface area (Å²) in [6.45, 7) is 1.76. The highest BCUT2D eigenvalue weighted by Gasteiger charge is 2.40. The highest BCUT2D eigenvalue weighted by Crippen LogP contribution is 2.28. The van der Waals surface area contributed by atoms with E-state index in [4.69, 9.17) is 0 Å². The normalized spacial score (nSPS) is 18.6. The van der Waals surface area contributed by atoms with Crippen LogP contribution in [0.2, 0.25) is 0 Å². The molecule has 0 atom stereocenters. The summed E-state index contributed by atoms with van der Waals surface area (Å²) < 4.78 is 4.05. The Labute approximate surface area is 116 Å². The van der Waals surface area contributed by atoms with Crippen LogP contribution in [0.1, 0.15) is 54.6 Å². The van der Waals surface area contributed by atoms with Crippen LogP contribution in [0.15, 0.2) is 5.38 Å². The fourth-order valence-corrected chi connectivity index (χ4v) is 3.21. The molecule has 1 fully saturated rings. The van der Waals surface area contributed by atoms with Gasteiger partial charge in [0.15, 0.2) is 0 Å². The molecule has 2 rings (SSSR count). The number of rotatable bonds is 3. The standard InChI is InChI=1S/C13H18N2O3S/c1-9-10(8-19-15-9)11(16)14-13(12(17)18)6-4-2-3-5-7-13/h8H,2-7H2,1H3,(H,14,16)(H,17,18). The van der Waals surface area contributed by atoms with Crippen LogP contribution in [0.4, 0.5) is 0 Å². The number of aromatic nitrogens is 1. The number of carboxylic acids is 1. The van der Waals surface area contributed by atoms with Crippen molar-refractivity contribution < 1.29 is 14.7 Å². The summed E-state index contributed by atoms with van der Waals surface area (Å²) in [5.74, 6) is -1.25. The van der Waals surface area contributed by atoms with E-state index in [1.54, 1.807) is 12.3 Å². The molecule has 1 heterocycles. The van der Waals surface area contributed by atoms with Gasteiger partial charge in [-0.3, -0.25) is 4.79 Å². The molecule has 1 aromatic heterocycles. The molecule has 0 radical (unpaired) electrons. The molecular formula is C13H18N2O3S. The van der Waals surface area contributed by atoms with Gasteiger partial charge < -0.3 is 10.4 Å². The molecule has 0 saturated heterocycles. The molecule has 0 spiro atoms. The lowest BCUT2D eigenvalue weighted by Crippen LogP contribution is -2.54. The molecule has 6 heteroatoms. The number of aryl methyl sites for hydroxylation is 1. The lowest BCUT2D eigenvalue weighted by molar-refractivity contribution is -0.145. The molecule has 1 aromatic rings. The molecule has 0 aliphatic heterocycles. The molecular weight excluding hydrogens is 264 g/mol. The Morgan fingerprint density at radius 1 is 1.32 bits per heavy atom. The summed E-state index contributed by atoms with van der Waals surface area (Å²) in [7, 11) is 0. The maximum Gasteiger partial charge on any atom is 0.329 e. The smallest absolute Gasteiger partial charge is 0.329 e. The van der Waals surface area contributed by atoms with Gasteiger partial charge in [-0.05, 0) is 31.3 Å². The minimum absolute atomic E-state index is 0.324. The summed E-state index contributed by atoms with van der Waals surface area (Å²) in [4.78, 5) is 23.8. The predicted octanol–water partition coefficient (Wildman–Crippen LogP) is 2.36. The predicted molar refractivity (Wildman–Crippen MR) is 72.4 cm³/mol. The number of carboxylic acid groups (broad SMARTS) is 1. The van der Waals surface area contributed by atoms with Crippen LogP contribution in [0.5, 0.6) is 0 Å². The van der Waals surface area contributed by atoms with Crippen LogP contribution in [-0.4, -0.2) is 26.9 Å². The van der Waals surface area contributed by atoms with E-state index in [9.17, 15) is 14.7 Å². The minimum Gasteiger partial charge on any atom is -0.480 e. The van der Waals surface area contributed by atoms with Gasteiger partial charge in [0.2, 0.25) is 0 Å². The molecule has 0 unspecified atom stereocenters. The van der Waals surface area contributed by atoms with Crippen LogP contribution in [0.25, 0.3) is 0 Å². The van der Waals surface area contributed by atoms with E-state index >= 15 is 0 Å². The Morgan fingerprint density at radius 3 is 2.42 bits per heavy atom. The topological polar surface area (TPSA) is 79.3 Å². The highest BCUT2D eigenvalue weighted by molar-refractivity contribution is 7.03. The summed E-state index contributed by atoms with van der Waals surface area (Å²) in [5.41, 5.74) is 0.0219. The molecule has 1 amide bonds. The Balaban J connectivity index is 2.19. The average molecular weight is 282 g/mol. The van der Waals surface area contributed by atoms with E-state index < -0.39 is 11.5 Å². The zero-order valence-electron chi connectivity index (χ0n) is 10.9. The fourth-order valence-electron chi connectivity index (χ4n) is 2.52. The minimum atomic E-state index is -1.11. The van der Waals surface area contributed by atoms with Gasteiger partial charge in [-0.2, -0.15) is 4.37 Å². The summed E-state index contributed by atoms with van der Waals surface area (Å²) in [5, 5.41) is 13.9. The quantitative estimate of drug-likeness (QED) is 0.834. The Morgan fingerprint density at radius 2 is 1.95 bits per heavy atom. The van der Waals surface area contributed by atoms with Gasteiger partial charge in [0, 0.05) is 5.38 Å². The number of nitrogens with zero attached hydrogens (tertiary/aromatic N) is 1. The van der Waals surface area contributed by atoms with Gasteiger partial charge in [-0.25, -0.2) is 4.79 Å². The number of hydrogen-bond donors (Lipinski definition) is 2. The van der Waals surface area contributed by atoms with Gasteiger partial charge in [0.05, 0.1) is 11.3 Å². The zero-order chi connectivity index (χ0) is 13.9. The van der Waals surface area contributed by atoms with Crippen LogP contribution < -0.4 is 5.32 Å². The average Bonchev–Trinajstić information content (AvgIpc) is 2.64. The van der Waals surface area contributed by atoms with Gasteiger partial charge in [-0.15, -0.1) is 0 Å². The maximum absolute atomic E-state index is 12.2. The van der Waals surface area contributed by atoms with Crippen molar-refractivity contribution in [1.29, 1.82) is 0 Å². The van der Waals surface area contributed by atoms with Gasteiger partial charge in [0.25, 0.3) is 5.91 Å². The molecule has 0 aromatic carbocycles. The number of carbonyl (C=O) groups is 2. The number of nitrogens with one attached hydrogen (secondary N) is 1. The first kappa shape index (κ1) is 14.0. The summed E-state index contributed by atoms with van der Waals surface area (Å²) in [6, 6.07) is 0. The summed E-state index contributed by atoms with van der Waals surface area (Å²) in [6.07, 6.45) is 4.75. The molecule has 1 aliphatic carbocycles. The van der Waals surface area contributed by atoms with E-state index in [1.165, 1.54) is 11.5 Å². The molecule has 1 saturated carbocycles. The van der Waals surface area contributed by atoms with E-state index in [2.05, 4.69) is 9.69 Å². The van der Waals surface area contributed by atoms with Gasteiger partial charge >= 0.3 is 5.97 Å². The Kier molecular flexibility index (Phi) is 4.19. The Bertz CT molecular complexity index is 476. The van der Waals surface area contributed by atoms with Crippen molar-refractivity contribution in [2.75, 3.05) is 0 Å². The van der Waals surface area contributed by atoms with Crippen molar-refractivity contribution in [2.24, 2.45) is 0 Å². The van der Waals surface area contributed by atoms with Crippen LogP contribution in [0.3, 0.4) is 0 Å². The van der Waals surface area contributed by atoms with Crippen LogP contribution in [-0.2, 0) is 4.79 Å². The number of hydrogen-bond acceptors (Lipinski definition) is 4. The lowest BCUT2D eigenvalue weighted by Gasteiger charge is -2.29. The molecule has 1 aliphatic rings. The fraction of sp³-hybridized carbons (Fsp3) is 0.615. The van der Waals surface area contributed by atoms with Crippen molar-refractivity contribution in [3.63, 3.8) is 0 Å². The first-order valence-electron chi connectivity index (χ1n) is 6.52. The van der Waals surface area contributed by atoms with E-state index in [0.29, 0.717) is 24.1 Å². The number of aliphatic carboxylic acids is 1. The van der Waals surface area contributed by atoms with Crippen LogP contribution >= 0.6 is 11.5 Å². The first-order valence-corrected chi connectivity index (χ1v) is 7.36. The highest BCUT2D eigenvalue weighted by atomic mass is 32.1. The molecule has 0 bridgehead atoms. The number of carbonyl (C=O) groups excluding carboxylic acids is 1. The van der Waals surface area contributed by atoms with Crippen molar-refractivity contribution in [3.8, 4) is 0 Å². The van der Waals surface area contributed by atoms with Gasteiger partial charge in [-0.1, -0.05) is 25.7 Å². The van der Waals surface area contributed by atoms with Crippen molar-refractivity contribution in [3.05, 3.63) is 16.6 Å². The zero-order valence-corrected chi connectivity index (χ0v) is 11.8. The molecule has 2 N–H and O–H groups in total. The first-order chi connectivity index (χ1) is 9.05. The van der Waals surface area contributed by atoms with Gasteiger partial charge in [0.1, 0.15) is 5.54 Å². The Hall–Kier alpha value is -1.43. The monoisotopic (exact) mass is 282 g/mol. The second-order valence-electron chi connectivity index (χ2n) is 5.07. The van der Waals surface area contributed by atoms with Crippen molar-refractivity contribution in [1.82, 2.24) is 9.69 Å². The molecule has 19 heavy (non-hydrogen) atoms. The van der Waals surface area contributed by atoms with E-state index in [0.717, 1.165) is 25.7 Å². The largest absolute Gasteiger partial charge is 0.480 e. The van der Waals surface area contributed by atoms with E-state index in [1.807, 2.05) is 0 Å². The SMILES string of the molecule is Cc1nscc1C(=O)NC1(C(=O)O)CCCCCC1. The molecule has 5 nitrogen and oxygen atoms in total. The number of amides is 1. The summed E-state index contributed by atoms with van der Waals surface area (Å²) >= 11 is 1.21. The third-order valence-corrected chi connectivity index (χ3v) is 4.43. The second kappa shape index (κ2) is 5.69. The van der Waals surface area contributed by atoms with Crippen LogP contribution in [0, 0.1) is 6.92 Å². The maximum atomic E-state index is 12.2. The lowest BCUT2D eigenvalue weighted by atomic mass is 9.90. The van der Waals surface area contributed by atoms with Crippen molar-refractivity contribution >= 4 is 23.4 Å². The van der Waals surface area contributed by atoms with Crippen molar-refractivity contribution in [2.45, 2.75) is 51.0 Å². The van der Waals surface area contributed by atoms with E-state index in [-0.39, 0.29) is 5.91 Å². The second-order valence-corrected chi connectivity index (χ2v) is 5.70. The third-order valence-electron chi connectivity index (χ3n) is 3.71. The third kappa shape index (κ3) is 2.94.